The molecule has 0 aliphatic heterocycles. The Balaban J connectivity index is 2.21. The predicted molar refractivity (Wildman–Crippen MR) is 75.9 cm³/mol. The van der Waals surface area contributed by atoms with Crippen molar-refractivity contribution in [2.45, 2.75) is 6.43 Å². The lowest BCUT2D eigenvalue weighted by Gasteiger charge is -2.04. The topological polar surface area (TPSA) is 67.8 Å². The molecule has 5 nitrogen and oxygen atoms in total. The molecule has 0 aliphatic carbocycles. The normalized spacial score (nSPS) is 11.4. The molecule has 3 aromatic heterocycles. The zero-order chi connectivity index (χ0) is 15.1. The average Bonchev–Trinajstić information content (AvgIpc) is 2.94. The van der Waals surface area contributed by atoms with Crippen molar-refractivity contribution >= 4 is 22.4 Å². The van der Waals surface area contributed by atoms with Crippen molar-refractivity contribution in [2.75, 3.05) is 0 Å². The van der Waals surface area contributed by atoms with Gasteiger partial charge in [-0.2, -0.15) is 0 Å². The van der Waals surface area contributed by atoms with Gasteiger partial charge in [0.15, 0.2) is 0 Å². The zero-order valence-corrected chi connectivity index (χ0v) is 11.6. The van der Waals surface area contributed by atoms with Gasteiger partial charge in [0.05, 0.1) is 10.3 Å². The van der Waals surface area contributed by atoms with Gasteiger partial charge in [-0.15, -0.1) is 11.3 Å². The van der Waals surface area contributed by atoms with E-state index in [9.17, 15) is 18.4 Å². The van der Waals surface area contributed by atoms with Crippen LogP contribution < -0.4 is 11.2 Å². The van der Waals surface area contributed by atoms with Crippen molar-refractivity contribution in [3.05, 3.63) is 49.4 Å². The number of aromatic amines is 1. The van der Waals surface area contributed by atoms with E-state index in [0.717, 1.165) is 11.3 Å². The summed E-state index contributed by atoms with van der Waals surface area (Å²) in [5.74, 6) is 0. The van der Waals surface area contributed by atoms with Crippen LogP contribution in [0.2, 0.25) is 0 Å². The van der Waals surface area contributed by atoms with Crippen LogP contribution >= 0.6 is 11.3 Å². The fourth-order valence-corrected chi connectivity index (χ4v) is 2.78. The molecule has 0 aromatic carbocycles. The van der Waals surface area contributed by atoms with Crippen LogP contribution in [0.4, 0.5) is 8.78 Å². The number of hydrogen-bond donors (Lipinski definition) is 1. The molecule has 3 rings (SSSR count). The molecule has 3 heterocycles. The summed E-state index contributed by atoms with van der Waals surface area (Å²) in [5.41, 5.74) is 0.264. The first-order valence-electron chi connectivity index (χ1n) is 5.93. The number of alkyl halides is 2. The fourth-order valence-electron chi connectivity index (χ4n) is 2.01. The third-order valence-electron chi connectivity index (χ3n) is 3.12. The van der Waals surface area contributed by atoms with Gasteiger partial charge in [0, 0.05) is 18.8 Å². The maximum atomic E-state index is 12.6. The Morgan fingerprint density at radius 3 is 2.71 bits per heavy atom. The highest BCUT2D eigenvalue weighted by Crippen LogP contribution is 2.31. The quantitative estimate of drug-likeness (QED) is 0.789. The lowest BCUT2D eigenvalue weighted by Crippen LogP contribution is -2.28. The minimum absolute atomic E-state index is 0.0422. The summed E-state index contributed by atoms with van der Waals surface area (Å²) in [6.45, 7) is 0. The first-order chi connectivity index (χ1) is 9.97. The number of H-pyrrole nitrogens is 1. The summed E-state index contributed by atoms with van der Waals surface area (Å²) in [5, 5.41) is 1.82. The molecule has 1 N–H and O–H groups in total. The second kappa shape index (κ2) is 4.88. The molecule has 0 radical (unpaired) electrons. The van der Waals surface area contributed by atoms with Gasteiger partial charge in [-0.05, 0) is 23.1 Å². The molecule has 0 bridgehead atoms. The van der Waals surface area contributed by atoms with Crippen LogP contribution in [-0.2, 0) is 7.05 Å². The van der Waals surface area contributed by atoms with E-state index < -0.39 is 17.7 Å². The van der Waals surface area contributed by atoms with E-state index in [1.807, 2.05) is 0 Å². The number of nitrogens with zero attached hydrogens (tertiary/aromatic N) is 2. The number of halogens is 2. The van der Waals surface area contributed by atoms with Crippen molar-refractivity contribution in [1.29, 1.82) is 0 Å². The van der Waals surface area contributed by atoms with Gasteiger partial charge in [0.25, 0.3) is 12.0 Å². The van der Waals surface area contributed by atoms with Gasteiger partial charge in [-0.3, -0.25) is 14.3 Å². The van der Waals surface area contributed by atoms with E-state index in [2.05, 4.69) is 9.97 Å². The van der Waals surface area contributed by atoms with Crippen molar-refractivity contribution in [3.63, 3.8) is 0 Å². The standard InChI is InChI=1S/C13H9F2N3O2S/c1-18-11-8(12(19)17-13(18)20)2-6(4-16-11)7-3-9(10(14)15)21-5-7/h2-5,10H,1H3,(H,17,19,20). The Hall–Kier alpha value is -2.35. The van der Waals surface area contributed by atoms with E-state index in [1.165, 1.54) is 29.9 Å². The predicted octanol–water partition coefficient (Wildman–Crippen LogP) is 2.29. The third kappa shape index (κ3) is 2.27. The molecule has 0 saturated heterocycles. The highest BCUT2D eigenvalue weighted by molar-refractivity contribution is 7.10. The fraction of sp³-hybridized carbons (Fsp3) is 0.154. The Kier molecular flexibility index (Phi) is 3.17. The molecule has 0 aliphatic rings. The largest absolute Gasteiger partial charge is 0.329 e. The van der Waals surface area contributed by atoms with Crippen LogP contribution in [-0.4, -0.2) is 14.5 Å². The minimum Gasteiger partial charge on any atom is -0.281 e. The van der Waals surface area contributed by atoms with Crippen molar-refractivity contribution in [2.24, 2.45) is 7.05 Å². The van der Waals surface area contributed by atoms with Gasteiger partial charge >= 0.3 is 5.69 Å². The summed E-state index contributed by atoms with van der Waals surface area (Å²) in [4.78, 5) is 29.5. The minimum atomic E-state index is -2.53. The van der Waals surface area contributed by atoms with E-state index in [-0.39, 0.29) is 15.9 Å². The Morgan fingerprint density at radius 2 is 2.05 bits per heavy atom. The molecular weight excluding hydrogens is 300 g/mol. The molecule has 21 heavy (non-hydrogen) atoms. The lowest BCUT2D eigenvalue weighted by molar-refractivity contribution is 0.155. The number of fused-ring (bicyclic) bond motifs is 1. The molecular formula is C13H9F2N3O2S. The van der Waals surface area contributed by atoms with Gasteiger partial charge in [0.1, 0.15) is 5.65 Å². The Labute approximate surface area is 120 Å². The second-order valence-corrected chi connectivity index (χ2v) is 5.39. The van der Waals surface area contributed by atoms with Gasteiger partial charge in [-0.1, -0.05) is 0 Å². The summed E-state index contributed by atoms with van der Waals surface area (Å²) < 4.78 is 26.4. The molecule has 0 fully saturated rings. The van der Waals surface area contributed by atoms with Crippen molar-refractivity contribution < 1.29 is 8.78 Å². The highest BCUT2D eigenvalue weighted by Gasteiger charge is 2.13. The molecule has 0 unspecified atom stereocenters. The Morgan fingerprint density at radius 1 is 1.29 bits per heavy atom. The monoisotopic (exact) mass is 309 g/mol. The van der Waals surface area contributed by atoms with Crippen molar-refractivity contribution in [1.82, 2.24) is 14.5 Å². The number of aromatic nitrogens is 3. The lowest BCUT2D eigenvalue weighted by atomic mass is 10.1. The van der Waals surface area contributed by atoms with Crippen LogP contribution in [0.15, 0.2) is 33.3 Å². The number of hydrogen-bond acceptors (Lipinski definition) is 4. The Bertz CT molecular complexity index is 942. The zero-order valence-electron chi connectivity index (χ0n) is 10.8. The molecule has 0 spiro atoms. The highest BCUT2D eigenvalue weighted by atomic mass is 32.1. The molecule has 3 aromatic rings. The van der Waals surface area contributed by atoms with Crippen molar-refractivity contribution in [3.8, 4) is 11.1 Å². The molecule has 0 atom stereocenters. The maximum absolute atomic E-state index is 12.6. The molecule has 0 amide bonds. The maximum Gasteiger partial charge on any atom is 0.329 e. The van der Waals surface area contributed by atoms with E-state index >= 15 is 0 Å². The number of nitrogens with one attached hydrogen (secondary N) is 1. The summed E-state index contributed by atoms with van der Waals surface area (Å²) >= 11 is 0.949. The van der Waals surface area contributed by atoms with E-state index in [1.54, 1.807) is 5.38 Å². The van der Waals surface area contributed by atoms with Crippen LogP contribution in [0.1, 0.15) is 11.3 Å². The SMILES string of the molecule is Cn1c(=O)[nH]c(=O)c2cc(-c3csc(C(F)F)c3)cnc21. The first kappa shape index (κ1) is 13.6. The third-order valence-corrected chi connectivity index (χ3v) is 4.06. The van der Waals surface area contributed by atoms with Gasteiger partial charge < -0.3 is 0 Å². The summed E-state index contributed by atoms with van der Waals surface area (Å²) in [7, 11) is 1.49. The van der Waals surface area contributed by atoms with Crippen LogP contribution in [0.5, 0.6) is 0 Å². The number of rotatable bonds is 2. The number of aryl methyl sites for hydroxylation is 1. The summed E-state index contributed by atoms with van der Waals surface area (Å²) in [6.07, 6.45) is -1.07. The van der Waals surface area contributed by atoms with E-state index in [4.69, 9.17) is 0 Å². The smallest absolute Gasteiger partial charge is 0.281 e. The van der Waals surface area contributed by atoms with Crippen LogP contribution in [0.25, 0.3) is 22.2 Å². The number of thiophene rings is 1. The second-order valence-electron chi connectivity index (χ2n) is 4.45. The average molecular weight is 309 g/mol. The first-order valence-corrected chi connectivity index (χ1v) is 6.81. The van der Waals surface area contributed by atoms with Crippen LogP contribution in [0, 0.1) is 0 Å². The van der Waals surface area contributed by atoms with Gasteiger partial charge in [0.2, 0.25) is 0 Å². The number of pyridine rings is 1. The molecule has 8 heteroatoms. The van der Waals surface area contributed by atoms with E-state index in [0.29, 0.717) is 11.1 Å². The molecule has 0 saturated carbocycles. The summed E-state index contributed by atoms with van der Waals surface area (Å²) in [6, 6.07) is 2.91. The van der Waals surface area contributed by atoms with Crippen LogP contribution in [0.3, 0.4) is 0 Å². The molecule has 108 valence electrons. The van der Waals surface area contributed by atoms with Gasteiger partial charge in [-0.25, -0.2) is 18.6 Å².